The lowest BCUT2D eigenvalue weighted by molar-refractivity contribution is 0.103. The van der Waals surface area contributed by atoms with Gasteiger partial charge in [0, 0.05) is 5.69 Å². The summed E-state index contributed by atoms with van der Waals surface area (Å²) < 4.78 is 0. The van der Waals surface area contributed by atoms with Gasteiger partial charge in [-0.1, -0.05) is 18.2 Å². The van der Waals surface area contributed by atoms with Gasteiger partial charge in [0.25, 0.3) is 5.91 Å². The Balaban J connectivity index is 1.75. The van der Waals surface area contributed by atoms with E-state index >= 15 is 0 Å². The van der Waals surface area contributed by atoms with E-state index in [1.54, 1.807) is 6.20 Å². The molecule has 0 aliphatic heterocycles. The summed E-state index contributed by atoms with van der Waals surface area (Å²) in [6.45, 7) is 1.92. The molecule has 3 rings (SSSR count). The first-order valence-corrected chi connectivity index (χ1v) is 7.07. The smallest absolute Gasteiger partial charge is 0.265 e. The molecule has 2 heterocycles. The van der Waals surface area contributed by atoms with Crippen LogP contribution in [-0.2, 0) is 0 Å². The van der Waals surface area contributed by atoms with E-state index in [9.17, 15) is 4.79 Å². The molecule has 1 amide bonds. The fraction of sp³-hybridized carbons (Fsp3) is 0.0667. The van der Waals surface area contributed by atoms with Crippen molar-refractivity contribution in [1.82, 2.24) is 9.97 Å². The standard InChI is InChI=1S/C15H13N3OS/c1-10-16-9-13(17-10)11-4-6-12(7-5-11)18-15(19)14-3-2-8-20-14/h2-9H,1H3,(H,16,17)(H,18,19). The molecule has 3 aromatic rings. The SMILES string of the molecule is Cc1ncc(-c2ccc(NC(=O)c3cccs3)cc2)[nH]1. The number of carbonyl (C=O) groups excluding carboxylic acids is 1. The van der Waals surface area contributed by atoms with Gasteiger partial charge in [0.15, 0.2) is 0 Å². The van der Waals surface area contributed by atoms with Gasteiger partial charge in [-0.2, -0.15) is 0 Å². The second-order valence-corrected chi connectivity index (χ2v) is 5.34. The van der Waals surface area contributed by atoms with Gasteiger partial charge >= 0.3 is 0 Å². The van der Waals surface area contributed by atoms with Crippen molar-refractivity contribution in [3.8, 4) is 11.3 Å². The quantitative estimate of drug-likeness (QED) is 0.770. The summed E-state index contributed by atoms with van der Waals surface area (Å²) >= 11 is 1.43. The molecule has 100 valence electrons. The molecule has 0 aliphatic rings. The third-order valence-electron chi connectivity index (χ3n) is 2.90. The van der Waals surface area contributed by atoms with Gasteiger partial charge < -0.3 is 10.3 Å². The van der Waals surface area contributed by atoms with Gasteiger partial charge in [0.2, 0.25) is 0 Å². The van der Waals surface area contributed by atoms with Crippen molar-refractivity contribution in [2.75, 3.05) is 5.32 Å². The summed E-state index contributed by atoms with van der Waals surface area (Å²) in [5.41, 5.74) is 2.79. The number of carbonyl (C=O) groups is 1. The average Bonchev–Trinajstić information content (AvgIpc) is 3.10. The van der Waals surface area contributed by atoms with E-state index in [4.69, 9.17) is 0 Å². The van der Waals surface area contributed by atoms with Crippen LogP contribution in [0.3, 0.4) is 0 Å². The molecule has 20 heavy (non-hydrogen) atoms. The van der Waals surface area contributed by atoms with Crippen molar-refractivity contribution in [3.63, 3.8) is 0 Å². The van der Waals surface area contributed by atoms with E-state index in [0.717, 1.165) is 22.8 Å². The number of hydrogen-bond donors (Lipinski definition) is 2. The molecule has 0 unspecified atom stereocenters. The number of rotatable bonds is 3. The lowest BCUT2D eigenvalue weighted by Gasteiger charge is -2.04. The van der Waals surface area contributed by atoms with Gasteiger partial charge in [0.1, 0.15) is 5.82 Å². The first kappa shape index (κ1) is 12.6. The topological polar surface area (TPSA) is 57.8 Å². The lowest BCUT2D eigenvalue weighted by atomic mass is 10.1. The number of H-pyrrole nitrogens is 1. The predicted octanol–water partition coefficient (Wildman–Crippen LogP) is 3.70. The summed E-state index contributed by atoms with van der Waals surface area (Å²) in [6.07, 6.45) is 1.80. The third kappa shape index (κ3) is 2.62. The van der Waals surface area contributed by atoms with Gasteiger partial charge in [-0.15, -0.1) is 11.3 Å². The third-order valence-corrected chi connectivity index (χ3v) is 3.77. The normalized spacial score (nSPS) is 10.4. The highest BCUT2D eigenvalue weighted by atomic mass is 32.1. The number of nitrogens with zero attached hydrogens (tertiary/aromatic N) is 1. The van der Waals surface area contributed by atoms with Crippen molar-refractivity contribution in [2.24, 2.45) is 0 Å². The molecule has 5 heteroatoms. The minimum Gasteiger partial charge on any atom is -0.342 e. The van der Waals surface area contributed by atoms with Crippen LogP contribution in [0.5, 0.6) is 0 Å². The van der Waals surface area contributed by atoms with E-state index < -0.39 is 0 Å². The van der Waals surface area contributed by atoms with Crippen molar-refractivity contribution < 1.29 is 4.79 Å². The highest BCUT2D eigenvalue weighted by molar-refractivity contribution is 7.12. The number of aromatic nitrogens is 2. The van der Waals surface area contributed by atoms with Gasteiger partial charge in [0.05, 0.1) is 16.8 Å². The molecule has 1 aromatic carbocycles. The Bertz CT molecular complexity index is 714. The zero-order valence-corrected chi connectivity index (χ0v) is 11.7. The largest absolute Gasteiger partial charge is 0.342 e. The predicted molar refractivity (Wildman–Crippen MR) is 81.0 cm³/mol. The monoisotopic (exact) mass is 283 g/mol. The van der Waals surface area contributed by atoms with E-state index in [-0.39, 0.29) is 5.91 Å². The second kappa shape index (κ2) is 5.30. The molecular formula is C15H13N3OS. The summed E-state index contributed by atoms with van der Waals surface area (Å²) in [6, 6.07) is 11.4. The maximum absolute atomic E-state index is 11.9. The Hall–Kier alpha value is -2.40. The fourth-order valence-electron chi connectivity index (χ4n) is 1.90. The number of thiophene rings is 1. The fourth-order valence-corrected chi connectivity index (χ4v) is 2.52. The molecule has 0 spiro atoms. The molecule has 0 saturated heterocycles. The van der Waals surface area contributed by atoms with E-state index in [2.05, 4.69) is 15.3 Å². The summed E-state index contributed by atoms with van der Waals surface area (Å²) in [5, 5.41) is 4.76. The Kier molecular flexibility index (Phi) is 3.35. The van der Waals surface area contributed by atoms with Crippen LogP contribution in [0.2, 0.25) is 0 Å². The van der Waals surface area contributed by atoms with Crippen LogP contribution < -0.4 is 5.32 Å². The van der Waals surface area contributed by atoms with Gasteiger partial charge in [-0.05, 0) is 36.1 Å². The maximum Gasteiger partial charge on any atom is 0.265 e. The van der Waals surface area contributed by atoms with Crippen LogP contribution in [0.1, 0.15) is 15.5 Å². The van der Waals surface area contributed by atoms with Crippen molar-refractivity contribution in [2.45, 2.75) is 6.92 Å². The molecule has 0 atom stereocenters. The number of hydrogen-bond acceptors (Lipinski definition) is 3. The Morgan fingerprint density at radius 1 is 1.25 bits per heavy atom. The summed E-state index contributed by atoms with van der Waals surface area (Å²) in [4.78, 5) is 20.0. The highest BCUT2D eigenvalue weighted by Gasteiger charge is 2.07. The second-order valence-electron chi connectivity index (χ2n) is 4.39. The Morgan fingerprint density at radius 3 is 2.65 bits per heavy atom. The van der Waals surface area contributed by atoms with Crippen LogP contribution in [0, 0.1) is 6.92 Å². The Labute approximate surface area is 120 Å². The van der Waals surface area contributed by atoms with E-state index in [0.29, 0.717) is 4.88 Å². The summed E-state index contributed by atoms with van der Waals surface area (Å²) in [5.74, 6) is 0.806. The van der Waals surface area contributed by atoms with Crippen LogP contribution in [0.4, 0.5) is 5.69 Å². The minimum atomic E-state index is -0.0786. The van der Waals surface area contributed by atoms with Crippen molar-refractivity contribution in [3.05, 3.63) is 58.7 Å². The van der Waals surface area contributed by atoms with Crippen LogP contribution >= 0.6 is 11.3 Å². The molecule has 0 bridgehead atoms. The van der Waals surface area contributed by atoms with Crippen molar-refractivity contribution >= 4 is 22.9 Å². The molecule has 0 saturated carbocycles. The molecular weight excluding hydrogens is 270 g/mol. The molecule has 0 fully saturated rings. The molecule has 0 radical (unpaired) electrons. The highest BCUT2D eigenvalue weighted by Crippen LogP contribution is 2.20. The number of anilines is 1. The first-order chi connectivity index (χ1) is 9.72. The van der Waals surface area contributed by atoms with Crippen LogP contribution in [0.15, 0.2) is 48.0 Å². The molecule has 4 nitrogen and oxygen atoms in total. The molecule has 2 N–H and O–H groups in total. The molecule has 0 aliphatic carbocycles. The maximum atomic E-state index is 11.9. The van der Waals surface area contributed by atoms with Gasteiger partial charge in [-0.25, -0.2) is 4.98 Å². The number of imidazole rings is 1. The zero-order valence-electron chi connectivity index (χ0n) is 10.9. The number of aryl methyl sites for hydroxylation is 1. The Morgan fingerprint density at radius 2 is 2.05 bits per heavy atom. The molecule has 2 aromatic heterocycles. The minimum absolute atomic E-state index is 0.0786. The number of amides is 1. The van der Waals surface area contributed by atoms with Crippen LogP contribution in [-0.4, -0.2) is 15.9 Å². The zero-order chi connectivity index (χ0) is 13.9. The number of aromatic amines is 1. The number of nitrogens with one attached hydrogen (secondary N) is 2. The average molecular weight is 283 g/mol. The lowest BCUT2D eigenvalue weighted by Crippen LogP contribution is -2.09. The summed E-state index contributed by atoms with van der Waals surface area (Å²) in [7, 11) is 0. The van der Waals surface area contributed by atoms with Gasteiger partial charge in [-0.3, -0.25) is 4.79 Å². The van der Waals surface area contributed by atoms with Crippen LogP contribution in [0.25, 0.3) is 11.3 Å². The first-order valence-electron chi connectivity index (χ1n) is 6.19. The van der Waals surface area contributed by atoms with E-state index in [1.165, 1.54) is 11.3 Å². The van der Waals surface area contributed by atoms with E-state index in [1.807, 2.05) is 48.7 Å². The van der Waals surface area contributed by atoms with Crippen molar-refractivity contribution in [1.29, 1.82) is 0 Å². The number of benzene rings is 1.